The summed E-state index contributed by atoms with van der Waals surface area (Å²) in [7, 11) is 3.89. The Kier molecular flexibility index (Phi) is 6.17. The van der Waals surface area contributed by atoms with Crippen LogP contribution in [-0.4, -0.2) is 80.9 Å². The van der Waals surface area contributed by atoms with Crippen molar-refractivity contribution in [3.63, 3.8) is 0 Å². The first-order valence-corrected chi connectivity index (χ1v) is 12.7. The molecule has 1 saturated heterocycles. The average Bonchev–Trinajstić information content (AvgIpc) is 3.69. The molecule has 2 aliphatic rings. The number of carbonyl (C=O) groups excluding carboxylic acids is 1. The Balaban J connectivity index is 1.10. The minimum absolute atomic E-state index is 0.300. The number of imidazole rings is 1. The zero-order valence-electron chi connectivity index (χ0n) is 21.2. The number of anilines is 3. The van der Waals surface area contributed by atoms with Crippen molar-refractivity contribution in [3.8, 4) is 11.3 Å². The van der Waals surface area contributed by atoms with E-state index in [1.807, 2.05) is 54.4 Å². The van der Waals surface area contributed by atoms with Crippen LogP contribution in [0.1, 0.15) is 18.4 Å². The maximum absolute atomic E-state index is 12.3. The molecule has 0 radical (unpaired) electrons. The maximum atomic E-state index is 12.3. The number of nitrogens with one attached hydrogen (secondary N) is 2. The fraction of sp³-hybridized carbons (Fsp3) is 0.370. The first kappa shape index (κ1) is 23.4. The summed E-state index contributed by atoms with van der Waals surface area (Å²) in [4.78, 5) is 40.2. The summed E-state index contributed by atoms with van der Waals surface area (Å²) < 4.78 is 0. The lowest BCUT2D eigenvalue weighted by atomic mass is 10.1. The number of hydrogen-bond donors (Lipinski definition) is 2. The van der Waals surface area contributed by atoms with Crippen LogP contribution < -0.4 is 10.2 Å². The minimum Gasteiger partial charge on any atom is -0.361 e. The lowest BCUT2D eigenvalue weighted by Gasteiger charge is -2.34. The number of aromatic nitrogens is 5. The molecule has 1 aliphatic carbocycles. The Bertz CT molecular complexity index is 1400. The zero-order chi connectivity index (χ0) is 25.4. The van der Waals surface area contributed by atoms with Gasteiger partial charge in [-0.3, -0.25) is 14.7 Å². The number of pyridine rings is 1. The first-order chi connectivity index (χ1) is 18.0. The molecular formula is C27H31N9O. The number of hydrogen-bond acceptors (Lipinski definition) is 8. The molecule has 4 heterocycles. The van der Waals surface area contributed by atoms with Crippen molar-refractivity contribution >= 4 is 34.5 Å². The average molecular weight is 498 g/mol. The minimum atomic E-state index is 0.300. The third-order valence-corrected chi connectivity index (χ3v) is 6.96. The van der Waals surface area contributed by atoms with Gasteiger partial charge in [0.15, 0.2) is 0 Å². The standard InChI is InChI=1S/C27H31N9O/c1-34(2)25-16-29-23(15-30-25)20-5-6-21-22(14-20)32-27(31-21)33-24-13-18(7-8-28-24)17-35-9-11-36(12-10-35)26(37)19-3-4-19/h5-8,13-16,19H,3-4,9-12,17H2,1-2H3,(H2,28,31,32,33). The molecule has 0 spiro atoms. The fourth-order valence-corrected chi connectivity index (χ4v) is 4.66. The quantitative estimate of drug-likeness (QED) is 0.401. The summed E-state index contributed by atoms with van der Waals surface area (Å²) in [5, 5.41) is 3.31. The Morgan fingerprint density at radius 3 is 2.62 bits per heavy atom. The van der Waals surface area contributed by atoms with E-state index in [0.29, 0.717) is 17.8 Å². The van der Waals surface area contributed by atoms with E-state index >= 15 is 0 Å². The number of amides is 1. The van der Waals surface area contributed by atoms with Gasteiger partial charge in [0.1, 0.15) is 11.6 Å². The van der Waals surface area contributed by atoms with Gasteiger partial charge in [-0.25, -0.2) is 15.0 Å². The Hall–Kier alpha value is -4.05. The summed E-state index contributed by atoms with van der Waals surface area (Å²) in [6.07, 6.45) is 7.51. The van der Waals surface area contributed by atoms with Gasteiger partial charge in [-0.05, 0) is 42.7 Å². The van der Waals surface area contributed by atoms with Crippen LogP contribution in [0.3, 0.4) is 0 Å². The zero-order valence-corrected chi connectivity index (χ0v) is 21.2. The lowest BCUT2D eigenvalue weighted by Crippen LogP contribution is -2.48. The summed E-state index contributed by atoms with van der Waals surface area (Å²) in [5.74, 6) is 2.85. The van der Waals surface area contributed by atoms with Crippen molar-refractivity contribution in [1.29, 1.82) is 0 Å². The van der Waals surface area contributed by atoms with Gasteiger partial charge in [-0.2, -0.15) is 0 Å². The van der Waals surface area contributed by atoms with Crippen molar-refractivity contribution in [2.24, 2.45) is 5.92 Å². The molecule has 10 nitrogen and oxygen atoms in total. The summed E-state index contributed by atoms with van der Waals surface area (Å²) in [5.41, 5.74) is 4.73. The van der Waals surface area contributed by atoms with Crippen LogP contribution >= 0.6 is 0 Å². The normalized spacial score (nSPS) is 16.2. The molecule has 10 heteroatoms. The second-order valence-electron chi connectivity index (χ2n) is 10.0. The molecule has 0 bridgehead atoms. The van der Waals surface area contributed by atoms with Gasteiger partial charge in [-0.1, -0.05) is 6.07 Å². The number of benzene rings is 1. The second kappa shape index (κ2) is 9.78. The fourth-order valence-electron chi connectivity index (χ4n) is 4.66. The van der Waals surface area contributed by atoms with E-state index in [1.165, 1.54) is 5.56 Å². The van der Waals surface area contributed by atoms with Gasteiger partial charge >= 0.3 is 0 Å². The summed E-state index contributed by atoms with van der Waals surface area (Å²) in [6.45, 7) is 4.27. The van der Waals surface area contributed by atoms with Gasteiger partial charge in [0.2, 0.25) is 11.9 Å². The molecule has 6 rings (SSSR count). The van der Waals surface area contributed by atoms with Crippen LogP contribution in [-0.2, 0) is 11.3 Å². The third kappa shape index (κ3) is 5.24. The molecule has 1 saturated carbocycles. The topological polar surface area (TPSA) is 106 Å². The summed E-state index contributed by atoms with van der Waals surface area (Å²) in [6, 6.07) is 10.1. The number of aromatic amines is 1. The third-order valence-electron chi connectivity index (χ3n) is 6.96. The van der Waals surface area contributed by atoms with E-state index in [4.69, 9.17) is 0 Å². The molecule has 37 heavy (non-hydrogen) atoms. The van der Waals surface area contributed by atoms with Crippen LogP contribution in [0.5, 0.6) is 0 Å². The van der Waals surface area contributed by atoms with Crippen molar-refractivity contribution in [3.05, 3.63) is 54.5 Å². The van der Waals surface area contributed by atoms with E-state index in [9.17, 15) is 4.79 Å². The number of piperazine rings is 1. The van der Waals surface area contributed by atoms with Gasteiger partial charge in [0.05, 0.1) is 29.1 Å². The van der Waals surface area contributed by atoms with Crippen LogP contribution in [0.25, 0.3) is 22.3 Å². The number of fused-ring (bicyclic) bond motifs is 1. The highest BCUT2D eigenvalue weighted by Gasteiger charge is 2.34. The highest BCUT2D eigenvalue weighted by molar-refractivity contribution is 5.83. The first-order valence-electron chi connectivity index (χ1n) is 12.7. The van der Waals surface area contributed by atoms with Crippen LogP contribution in [0.15, 0.2) is 48.9 Å². The Morgan fingerprint density at radius 2 is 1.89 bits per heavy atom. The molecule has 2 fully saturated rings. The van der Waals surface area contributed by atoms with Gasteiger partial charge in [0.25, 0.3) is 0 Å². The van der Waals surface area contributed by atoms with E-state index in [2.05, 4.69) is 41.2 Å². The Morgan fingerprint density at radius 1 is 1.05 bits per heavy atom. The Labute approximate surface area is 215 Å². The predicted molar refractivity (Wildman–Crippen MR) is 144 cm³/mol. The SMILES string of the molecule is CN(C)c1cnc(-c2ccc3nc(Nc4cc(CN5CCN(C(=O)C6CC6)CC5)ccn4)[nH]c3c2)cn1. The maximum Gasteiger partial charge on any atom is 0.225 e. The van der Waals surface area contributed by atoms with Gasteiger partial charge in [-0.15, -0.1) is 0 Å². The van der Waals surface area contributed by atoms with Crippen molar-refractivity contribution in [1.82, 2.24) is 34.7 Å². The molecule has 4 aromatic rings. The van der Waals surface area contributed by atoms with Crippen molar-refractivity contribution in [2.75, 3.05) is 50.5 Å². The van der Waals surface area contributed by atoms with Gasteiger partial charge in [0, 0.05) is 64.5 Å². The van der Waals surface area contributed by atoms with E-state index < -0.39 is 0 Å². The number of nitrogens with zero attached hydrogens (tertiary/aromatic N) is 7. The van der Waals surface area contributed by atoms with Crippen molar-refractivity contribution < 1.29 is 4.79 Å². The van der Waals surface area contributed by atoms with Crippen LogP contribution in [0, 0.1) is 5.92 Å². The number of H-pyrrole nitrogens is 1. The van der Waals surface area contributed by atoms with E-state index in [1.54, 1.807) is 12.4 Å². The second-order valence-corrected chi connectivity index (χ2v) is 10.0. The number of carbonyl (C=O) groups is 1. The smallest absolute Gasteiger partial charge is 0.225 e. The highest BCUT2D eigenvalue weighted by atomic mass is 16.2. The lowest BCUT2D eigenvalue weighted by molar-refractivity contribution is -0.134. The van der Waals surface area contributed by atoms with E-state index in [-0.39, 0.29) is 0 Å². The summed E-state index contributed by atoms with van der Waals surface area (Å²) >= 11 is 0. The molecule has 2 N–H and O–H groups in total. The van der Waals surface area contributed by atoms with Crippen LogP contribution in [0.2, 0.25) is 0 Å². The molecule has 3 aromatic heterocycles. The molecule has 1 amide bonds. The predicted octanol–water partition coefficient (Wildman–Crippen LogP) is 3.28. The highest BCUT2D eigenvalue weighted by Crippen LogP contribution is 2.31. The van der Waals surface area contributed by atoms with Gasteiger partial charge < -0.3 is 20.1 Å². The molecule has 1 aliphatic heterocycles. The van der Waals surface area contributed by atoms with E-state index in [0.717, 1.165) is 79.5 Å². The van der Waals surface area contributed by atoms with Crippen molar-refractivity contribution in [2.45, 2.75) is 19.4 Å². The molecule has 1 aromatic carbocycles. The number of rotatable bonds is 7. The monoisotopic (exact) mass is 497 g/mol. The largest absolute Gasteiger partial charge is 0.361 e. The molecule has 0 atom stereocenters. The molecule has 190 valence electrons. The molecule has 0 unspecified atom stereocenters. The molecular weight excluding hydrogens is 466 g/mol. The van der Waals surface area contributed by atoms with Crippen LogP contribution in [0.4, 0.5) is 17.6 Å².